The number of hydrogen-bond acceptors (Lipinski definition) is 4. The lowest BCUT2D eigenvalue weighted by Gasteiger charge is -2.15. The third-order valence-corrected chi connectivity index (χ3v) is 10.9. The molecule has 0 fully saturated rings. The molecule has 0 bridgehead atoms. The molecule has 5 nitrogen and oxygen atoms in total. The van der Waals surface area contributed by atoms with Crippen molar-refractivity contribution in [2.45, 2.75) is 0 Å². The van der Waals surface area contributed by atoms with Crippen LogP contribution in [0.3, 0.4) is 0 Å². The number of aromatic nitrogens is 4. The Balaban J connectivity index is 1.12. The Hall–Kier alpha value is -7.89. The predicted octanol–water partition coefficient (Wildman–Crippen LogP) is 13.8. The average molecular weight is 748 g/mol. The standard InChI is InChI=1S/C53H32N4O/c1-2-16-38-33(13-1)27-28-35-32-37(29-30-39(35)38)52-54-51(36-15-11-14-34(31-36)40-21-12-22-44-43-19-6-10-26-49(43)58-50(40)44)55-53(56-52)45-20-5-9-25-48(45)57-46-23-7-3-17-41(46)42-18-4-8-24-47(42)57/h1-32H/i3D,4D,7D,17D,18D,23D,24D. The van der Waals surface area contributed by atoms with E-state index in [2.05, 4.69) is 48.5 Å². The zero-order chi connectivity index (χ0) is 44.2. The van der Waals surface area contributed by atoms with Crippen molar-refractivity contribution < 1.29 is 14.0 Å². The summed E-state index contributed by atoms with van der Waals surface area (Å²) in [5.74, 6) is 1.06. The van der Waals surface area contributed by atoms with Gasteiger partial charge in [0.05, 0.1) is 26.3 Å². The number of rotatable bonds is 5. The van der Waals surface area contributed by atoms with Crippen molar-refractivity contribution in [3.05, 3.63) is 194 Å². The molecule has 0 atom stereocenters. The van der Waals surface area contributed by atoms with Crippen molar-refractivity contribution in [2.24, 2.45) is 0 Å². The quantitative estimate of drug-likeness (QED) is 0.165. The summed E-state index contributed by atoms with van der Waals surface area (Å²) in [6.45, 7) is 0. The van der Waals surface area contributed by atoms with Gasteiger partial charge in [-0.2, -0.15) is 0 Å². The second kappa shape index (κ2) is 12.8. The molecule has 3 heterocycles. The van der Waals surface area contributed by atoms with Crippen molar-refractivity contribution in [2.75, 3.05) is 0 Å². The molecule has 9 aromatic carbocycles. The van der Waals surface area contributed by atoms with Crippen LogP contribution in [0.1, 0.15) is 9.60 Å². The van der Waals surface area contributed by atoms with Gasteiger partial charge in [0, 0.05) is 43.8 Å². The highest BCUT2D eigenvalue weighted by Crippen LogP contribution is 2.39. The smallest absolute Gasteiger partial charge is 0.166 e. The minimum atomic E-state index is -0.468. The number of para-hydroxylation sites is 5. The van der Waals surface area contributed by atoms with E-state index >= 15 is 0 Å². The number of hydrogen-bond donors (Lipinski definition) is 0. The van der Waals surface area contributed by atoms with E-state index in [0.29, 0.717) is 28.5 Å². The molecule has 0 saturated carbocycles. The Morgan fingerprint density at radius 3 is 2.00 bits per heavy atom. The second-order valence-corrected chi connectivity index (χ2v) is 14.2. The Kier molecular flexibility index (Phi) is 5.76. The van der Waals surface area contributed by atoms with Crippen LogP contribution in [0, 0.1) is 0 Å². The summed E-state index contributed by atoms with van der Waals surface area (Å²) in [5, 5.41) is 6.56. The van der Waals surface area contributed by atoms with Crippen molar-refractivity contribution in [1.82, 2.24) is 19.5 Å². The molecule has 270 valence electrons. The number of furan rings is 1. The summed E-state index contributed by atoms with van der Waals surface area (Å²) in [7, 11) is 0. The molecule has 0 aliphatic heterocycles. The molecule has 5 heteroatoms. The van der Waals surface area contributed by atoms with Gasteiger partial charge >= 0.3 is 0 Å². The molecule has 0 aliphatic rings. The minimum absolute atomic E-state index is 0.0606. The predicted molar refractivity (Wildman–Crippen MR) is 238 cm³/mol. The molecular weight excluding hydrogens is 709 g/mol. The third kappa shape index (κ3) is 5.07. The minimum Gasteiger partial charge on any atom is -0.455 e. The van der Waals surface area contributed by atoms with E-state index < -0.39 is 12.1 Å². The van der Waals surface area contributed by atoms with Crippen LogP contribution in [0.2, 0.25) is 0 Å². The molecule has 12 aromatic rings. The lowest BCUT2D eigenvalue weighted by atomic mass is 9.99. The number of benzene rings is 9. The highest BCUT2D eigenvalue weighted by atomic mass is 16.3. The molecule has 0 N–H and O–H groups in total. The van der Waals surface area contributed by atoms with Gasteiger partial charge in [0.1, 0.15) is 11.2 Å². The fourth-order valence-corrected chi connectivity index (χ4v) is 8.27. The van der Waals surface area contributed by atoms with E-state index in [4.69, 9.17) is 27.6 Å². The first-order valence-electron chi connectivity index (χ1n) is 22.4. The maximum atomic E-state index is 9.17. The molecule has 0 amide bonds. The molecule has 12 rings (SSSR count). The highest BCUT2D eigenvalue weighted by molar-refractivity contribution is 6.11. The number of nitrogens with zero attached hydrogens (tertiary/aromatic N) is 4. The van der Waals surface area contributed by atoms with Crippen LogP contribution in [0.4, 0.5) is 0 Å². The van der Waals surface area contributed by atoms with Crippen LogP contribution in [-0.4, -0.2) is 19.5 Å². The molecular formula is C53H32N4O. The van der Waals surface area contributed by atoms with E-state index in [1.54, 1.807) is 16.7 Å². The number of fused-ring (bicyclic) bond motifs is 9. The first-order chi connectivity index (χ1) is 31.6. The van der Waals surface area contributed by atoms with Gasteiger partial charge in [-0.05, 0) is 69.5 Å². The topological polar surface area (TPSA) is 56.7 Å². The lowest BCUT2D eigenvalue weighted by Crippen LogP contribution is -2.03. The van der Waals surface area contributed by atoms with E-state index in [9.17, 15) is 1.37 Å². The Bertz CT molecular complexity index is 4010. The summed E-state index contributed by atoms with van der Waals surface area (Å²) in [5.41, 5.74) is 6.00. The molecule has 0 unspecified atom stereocenters. The first-order valence-corrected chi connectivity index (χ1v) is 18.9. The van der Waals surface area contributed by atoms with Crippen LogP contribution < -0.4 is 0 Å². The van der Waals surface area contributed by atoms with Crippen LogP contribution in [0.15, 0.2) is 198 Å². The van der Waals surface area contributed by atoms with E-state index in [1.807, 2.05) is 84.9 Å². The molecule has 0 aliphatic carbocycles. The zero-order valence-electron chi connectivity index (χ0n) is 37.6. The fourth-order valence-electron chi connectivity index (χ4n) is 8.27. The van der Waals surface area contributed by atoms with Crippen LogP contribution in [0.25, 0.3) is 116 Å². The molecule has 0 saturated heterocycles. The Morgan fingerprint density at radius 1 is 0.414 bits per heavy atom. The Morgan fingerprint density at radius 2 is 1.07 bits per heavy atom. The van der Waals surface area contributed by atoms with Crippen LogP contribution in [0.5, 0.6) is 0 Å². The van der Waals surface area contributed by atoms with Gasteiger partial charge in [0.2, 0.25) is 0 Å². The van der Waals surface area contributed by atoms with Crippen molar-refractivity contribution in [1.29, 1.82) is 0 Å². The SMILES string of the molecule is [2H]c1cc([2H])c2c(c1[2H])c1c([2H])c([2H])c([2H])c([2H])c1n2-c1ccccc1-c1nc(-c2cccc(-c3cccc4c3oc3ccccc34)c2)nc(-c2ccc3c(ccc4ccccc43)c2)n1. The average Bonchev–Trinajstić information content (AvgIpc) is 3.92. The monoisotopic (exact) mass is 747 g/mol. The largest absolute Gasteiger partial charge is 0.455 e. The molecule has 3 aromatic heterocycles. The van der Waals surface area contributed by atoms with Crippen molar-refractivity contribution >= 4 is 65.3 Å². The lowest BCUT2D eigenvalue weighted by molar-refractivity contribution is 0.670. The maximum absolute atomic E-state index is 9.17. The van der Waals surface area contributed by atoms with Crippen molar-refractivity contribution in [3.63, 3.8) is 0 Å². The van der Waals surface area contributed by atoms with Gasteiger partial charge in [0.25, 0.3) is 0 Å². The molecule has 58 heavy (non-hydrogen) atoms. The van der Waals surface area contributed by atoms with Gasteiger partial charge in [-0.1, -0.05) is 152 Å². The van der Waals surface area contributed by atoms with Crippen molar-refractivity contribution in [3.8, 4) is 51.0 Å². The summed E-state index contributed by atoms with van der Waals surface area (Å²) in [4.78, 5) is 15.5. The zero-order valence-corrected chi connectivity index (χ0v) is 30.6. The van der Waals surface area contributed by atoms with Gasteiger partial charge in [-0.25, -0.2) is 15.0 Å². The Labute approximate surface area is 343 Å². The third-order valence-electron chi connectivity index (χ3n) is 10.9. The normalized spacial score (nSPS) is 13.5. The first kappa shape index (κ1) is 26.1. The van der Waals surface area contributed by atoms with E-state index in [-0.39, 0.29) is 57.8 Å². The molecule has 0 radical (unpaired) electrons. The summed E-state index contributed by atoms with van der Waals surface area (Å²) >= 11 is 0. The van der Waals surface area contributed by atoms with Gasteiger partial charge in [0.15, 0.2) is 17.5 Å². The summed E-state index contributed by atoms with van der Waals surface area (Å²) in [6.07, 6.45) is 0. The van der Waals surface area contributed by atoms with E-state index in [0.717, 1.165) is 60.2 Å². The van der Waals surface area contributed by atoms with Gasteiger partial charge < -0.3 is 8.98 Å². The summed E-state index contributed by atoms with van der Waals surface area (Å²) < 4.78 is 70.1. The van der Waals surface area contributed by atoms with E-state index in [1.165, 1.54) is 6.07 Å². The fraction of sp³-hybridized carbons (Fsp3) is 0. The summed E-state index contributed by atoms with van der Waals surface area (Å²) in [6, 6.07) is 47.0. The van der Waals surface area contributed by atoms with Crippen LogP contribution >= 0.6 is 0 Å². The van der Waals surface area contributed by atoms with Crippen LogP contribution in [-0.2, 0) is 0 Å². The van der Waals surface area contributed by atoms with Gasteiger partial charge in [-0.3, -0.25) is 0 Å². The highest BCUT2D eigenvalue weighted by Gasteiger charge is 2.20. The maximum Gasteiger partial charge on any atom is 0.166 e. The van der Waals surface area contributed by atoms with Gasteiger partial charge in [-0.15, -0.1) is 0 Å². The second-order valence-electron chi connectivity index (χ2n) is 14.2. The molecule has 0 spiro atoms.